The number of aliphatic hydroxyl groups is 2. The van der Waals surface area contributed by atoms with Gasteiger partial charge in [0.15, 0.2) is 0 Å². The summed E-state index contributed by atoms with van der Waals surface area (Å²) in [6, 6.07) is 0.931. The van der Waals surface area contributed by atoms with Gasteiger partial charge in [0.1, 0.15) is 0 Å². The van der Waals surface area contributed by atoms with Crippen molar-refractivity contribution in [3.63, 3.8) is 0 Å². The van der Waals surface area contributed by atoms with E-state index in [-0.39, 0.29) is 12.0 Å². The number of fused-ring (bicyclic) bond motifs is 2. The van der Waals surface area contributed by atoms with E-state index in [0.29, 0.717) is 12.1 Å². The molecular formula is C13H25NO2. The standard InChI is InChI=1S/C13H25NO2/c1-3-12(4-2,9-15)13(16)7-10-5-6-11(8-13)14-10/h10-11,14-16H,3-9H2,1-2H3. The Hall–Kier alpha value is -0.120. The SMILES string of the molecule is CCC(CC)(CO)C1(O)CC2CCC(C1)N2. The lowest BCUT2D eigenvalue weighted by Gasteiger charge is -2.50. The van der Waals surface area contributed by atoms with E-state index in [9.17, 15) is 10.2 Å². The molecule has 2 aliphatic rings. The Morgan fingerprint density at radius 2 is 1.69 bits per heavy atom. The van der Waals surface area contributed by atoms with Crippen LogP contribution in [0.4, 0.5) is 0 Å². The summed E-state index contributed by atoms with van der Waals surface area (Å²) in [6.07, 6.45) is 5.70. The summed E-state index contributed by atoms with van der Waals surface area (Å²) in [4.78, 5) is 0. The molecule has 0 aromatic rings. The Morgan fingerprint density at radius 1 is 1.19 bits per heavy atom. The van der Waals surface area contributed by atoms with Crippen LogP contribution in [-0.2, 0) is 0 Å². The van der Waals surface area contributed by atoms with E-state index in [2.05, 4.69) is 19.2 Å². The van der Waals surface area contributed by atoms with Gasteiger partial charge in [-0.3, -0.25) is 0 Å². The number of aliphatic hydroxyl groups excluding tert-OH is 1. The molecule has 0 amide bonds. The van der Waals surface area contributed by atoms with Crippen LogP contribution < -0.4 is 5.32 Å². The van der Waals surface area contributed by atoms with Gasteiger partial charge in [0.2, 0.25) is 0 Å². The zero-order valence-electron chi connectivity index (χ0n) is 10.5. The highest BCUT2D eigenvalue weighted by Crippen LogP contribution is 2.48. The molecule has 2 saturated heterocycles. The molecule has 3 heteroatoms. The lowest BCUT2D eigenvalue weighted by molar-refractivity contribution is -0.139. The van der Waals surface area contributed by atoms with Gasteiger partial charge in [-0.2, -0.15) is 0 Å². The third-order valence-corrected chi connectivity index (χ3v) is 5.15. The van der Waals surface area contributed by atoms with Gasteiger partial charge < -0.3 is 15.5 Å². The Bertz CT molecular complexity index is 230. The van der Waals surface area contributed by atoms with Crippen molar-refractivity contribution in [3.05, 3.63) is 0 Å². The van der Waals surface area contributed by atoms with Crippen molar-refractivity contribution in [1.82, 2.24) is 5.32 Å². The number of hydrogen-bond donors (Lipinski definition) is 3. The number of nitrogens with one attached hydrogen (secondary N) is 1. The van der Waals surface area contributed by atoms with Crippen LogP contribution in [0.25, 0.3) is 0 Å². The van der Waals surface area contributed by atoms with E-state index < -0.39 is 5.60 Å². The van der Waals surface area contributed by atoms with Crippen LogP contribution in [0.1, 0.15) is 52.4 Å². The third kappa shape index (κ3) is 1.69. The zero-order chi connectivity index (χ0) is 11.8. The van der Waals surface area contributed by atoms with Gasteiger partial charge in [0.05, 0.1) is 12.2 Å². The normalized spacial score (nSPS) is 39.0. The molecule has 0 aromatic heterocycles. The maximum atomic E-state index is 11.0. The van der Waals surface area contributed by atoms with E-state index in [1.54, 1.807) is 0 Å². The largest absolute Gasteiger partial charge is 0.396 e. The van der Waals surface area contributed by atoms with Crippen molar-refractivity contribution in [3.8, 4) is 0 Å². The molecule has 2 rings (SSSR count). The van der Waals surface area contributed by atoms with Crippen LogP contribution in [0.15, 0.2) is 0 Å². The van der Waals surface area contributed by atoms with Crippen molar-refractivity contribution in [2.75, 3.05) is 6.61 Å². The predicted molar refractivity (Wildman–Crippen MR) is 64.2 cm³/mol. The first-order valence-electron chi connectivity index (χ1n) is 6.68. The first-order valence-corrected chi connectivity index (χ1v) is 6.68. The molecule has 2 unspecified atom stereocenters. The lowest BCUT2D eigenvalue weighted by Crippen LogP contribution is -2.58. The summed E-state index contributed by atoms with van der Waals surface area (Å²) < 4.78 is 0. The first kappa shape index (κ1) is 12.3. The third-order valence-electron chi connectivity index (χ3n) is 5.15. The zero-order valence-corrected chi connectivity index (χ0v) is 10.5. The molecule has 0 radical (unpaired) electrons. The molecule has 0 saturated carbocycles. The molecule has 2 atom stereocenters. The maximum absolute atomic E-state index is 11.0. The average Bonchev–Trinajstić information content (AvgIpc) is 2.61. The molecule has 3 nitrogen and oxygen atoms in total. The van der Waals surface area contributed by atoms with E-state index in [1.165, 1.54) is 12.8 Å². The highest BCUT2D eigenvalue weighted by molar-refractivity contribution is 5.07. The summed E-state index contributed by atoms with van der Waals surface area (Å²) in [5, 5.41) is 24.2. The highest BCUT2D eigenvalue weighted by atomic mass is 16.3. The molecule has 0 spiro atoms. The van der Waals surface area contributed by atoms with Crippen LogP contribution in [0, 0.1) is 5.41 Å². The van der Waals surface area contributed by atoms with Crippen LogP contribution in [0.2, 0.25) is 0 Å². The second-order valence-electron chi connectivity index (χ2n) is 5.72. The smallest absolute Gasteiger partial charge is 0.0755 e. The lowest BCUT2D eigenvalue weighted by atomic mass is 9.63. The molecule has 0 aliphatic carbocycles. The van der Waals surface area contributed by atoms with E-state index in [4.69, 9.17) is 0 Å². The van der Waals surface area contributed by atoms with Crippen molar-refractivity contribution >= 4 is 0 Å². The summed E-state index contributed by atoms with van der Waals surface area (Å²) in [5.74, 6) is 0. The minimum atomic E-state index is -0.664. The molecule has 16 heavy (non-hydrogen) atoms. The molecule has 2 fully saturated rings. The second kappa shape index (κ2) is 4.28. The van der Waals surface area contributed by atoms with Crippen LogP contribution in [0.3, 0.4) is 0 Å². The van der Waals surface area contributed by atoms with E-state index in [1.807, 2.05) is 0 Å². The molecule has 2 aliphatic heterocycles. The minimum Gasteiger partial charge on any atom is -0.396 e. The number of hydrogen-bond acceptors (Lipinski definition) is 3. The van der Waals surface area contributed by atoms with Crippen molar-refractivity contribution < 1.29 is 10.2 Å². The molecule has 94 valence electrons. The minimum absolute atomic E-state index is 0.107. The average molecular weight is 227 g/mol. The highest BCUT2D eigenvalue weighted by Gasteiger charge is 2.53. The molecular weight excluding hydrogens is 202 g/mol. The summed E-state index contributed by atoms with van der Waals surface area (Å²) in [5.41, 5.74) is -0.960. The van der Waals surface area contributed by atoms with Gasteiger partial charge in [-0.15, -0.1) is 0 Å². The van der Waals surface area contributed by atoms with Crippen LogP contribution >= 0.6 is 0 Å². The summed E-state index contributed by atoms with van der Waals surface area (Å²) >= 11 is 0. The first-order chi connectivity index (χ1) is 7.59. The molecule has 3 N–H and O–H groups in total. The Balaban J connectivity index is 2.23. The topological polar surface area (TPSA) is 52.5 Å². The van der Waals surface area contributed by atoms with E-state index in [0.717, 1.165) is 25.7 Å². The van der Waals surface area contributed by atoms with Crippen molar-refractivity contribution in [2.24, 2.45) is 5.41 Å². The van der Waals surface area contributed by atoms with Crippen molar-refractivity contribution in [1.29, 1.82) is 0 Å². The van der Waals surface area contributed by atoms with Crippen LogP contribution in [-0.4, -0.2) is 34.5 Å². The Kier molecular flexibility index (Phi) is 3.30. The maximum Gasteiger partial charge on any atom is 0.0755 e. The van der Waals surface area contributed by atoms with Gasteiger partial charge in [-0.1, -0.05) is 13.8 Å². The Morgan fingerprint density at radius 3 is 2.06 bits per heavy atom. The van der Waals surface area contributed by atoms with Gasteiger partial charge in [0.25, 0.3) is 0 Å². The summed E-state index contributed by atoms with van der Waals surface area (Å²) in [7, 11) is 0. The van der Waals surface area contributed by atoms with Gasteiger partial charge >= 0.3 is 0 Å². The van der Waals surface area contributed by atoms with Gasteiger partial charge in [-0.05, 0) is 38.5 Å². The van der Waals surface area contributed by atoms with Gasteiger partial charge in [0, 0.05) is 17.5 Å². The molecule has 2 bridgehead atoms. The number of piperidine rings is 1. The van der Waals surface area contributed by atoms with E-state index >= 15 is 0 Å². The fraction of sp³-hybridized carbons (Fsp3) is 1.00. The molecule has 2 heterocycles. The summed E-state index contributed by atoms with van der Waals surface area (Å²) in [6.45, 7) is 4.28. The molecule has 0 aromatic carbocycles. The fourth-order valence-corrected chi connectivity index (χ4v) is 3.83. The second-order valence-corrected chi connectivity index (χ2v) is 5.72. The van der Waals surface area contributed by atoms with Crippen molar-refractivity contribution in [2.45, 2.75) is 70.1 Å². The van der Waals surface area contributed by atoms with Gasteiger partial charge in [-0.25, -0.2) is 0 Å². The van der Waals surface area contributed by atoms with Crippen LogP contribution in [0.5, 0.6) is 0 Å². The predicted octanol–water partition coefficient (Wildman–Crippen LogP) is 1.43. The fourth-order valence-electron chi connectivity index (χ4n) is 3.83. The number of rotatable bonds is 4. The quantitative estimate of drug-likeness (QED) is 0.681. The Labute approximate surface area is 98.2 Å². The monoisotopic (exact) mass is 227 g/mol.